The molecule has 22 heavy (non-hydrogen) atoms. The first-order valence-corrected chi connectivity index (χ1v) is 7.35. The van der Waals surface area contributed by atoms with Crippen LogP contribution in [0.3, 0.4) is 0 Å². The number of rotatable bonds is 5. The topological polar surface area (TPSA) is 23.5 Å². The summed E-state index contributed by atoms with van der Waals surface area (Å²) in [6.07, 6.45) is 0. The smallest absolute Gasteiger partial charge is 0.117 e. The van der Waals surface area contributed by atoms with Crippen molar-refractivity contribution < 1.29 is 5.11 Å². The summed E-state index contributed by atoms with van der Waals surface area (Å²) in [6.45, 7) is 1.55. The molecule has 0 atom stereocenters. The second-order valence-corrected chi connectivity index (χ2v) is 5.26. The minimum absolute atomic E-state index is 0.264. The van der Waals surface area contributed by atoms with Crippen molar-refractivity contribution in [3.63, 3.8) is 0 Å². The van der Waals surface area contributed by atoms with Crippen LogP contribution < -0.4 is 4.90 Å². The molecule has 0 heterocycles. The second kappa shape index (κ2) is 6.81. The van der Waals surface area contributed by atoms with E-state index in [9.17, 15) is 5.11 Å². The third kappa shape index (κ3) is 3.67. The summed E-state index contributed by atoms with van der Waals surface area (Å²) in [4.78, 5) is 2.21. The first-order valence-electron chi connectivity index (χ1n) is 7.35. The van der Waals surface area contributed by atoms with Gasteiger partial charge in [0.25, 0.3) is 0 Å². The predicted molar refractivity (Wildman–Crippen MR) is 89.7 cm³/mol. The Balaban J connectivity index is 1.88. The zero-order valence-electron chi connectivity index (χ0n) is 12.3. The number of hydrogen-bond donors (Lipinski definition) is 1. The van der Waals surface area contributed by atoms with Crippen molar-refractivity contribution in [2.24, 2.45) is 0 Å². The van der Waals surface area contributed by atoms with E-state index in [0.717, 1.165) is 18.8 Å². The minimum atomic E-state index is 0.264. The summed E-state index contributed by atoms with van der Waals surface area (Å²) < 4.78 is 0. The maximum Gasteiger partial charge on any atom is 0.117 e. The molecule has 0 unspecified atom stereocenters. The fraction of sp³-hybridized carbons (Fsp3) is 0.100. The van der Waals surface area contributed by atoms with E-state index in [4.69, 9.17) is 0 Å². The van der Waals surface area contributed by atoms with Crippen LogP contribution >= 0.6 is 0 Å². The lowest BCUT2D eigenvalue weighted by atomic mass is 10.1. The van der Waals surface area contributed by atoms with Crippen LogP contribution in [0.15, 0.2) is 78.9 Å². The molecule has 0 saturated carbocycles. The van der Waals surface area contributed by atoms with E-state index < -0.39 is 0 Å². The number of aromatic hydroxyl groups is 1. The number of nitrogens with zero attached hydrogens (tertiary/aromatic N) is 1. The van der Waals surface area contributed by atoms with Crippen molar-refractivity contribution in [3.8, 4) is 5.75 Å². The van der Waals surface area contributed by atoms with Crippen LogP contribution in [0.2, 0.25) is 0 Å². The molecule has 0 aromatic heterocycles. The number of phenols is 1. The van der Waals surface area contributed by atoms with Crippen LogP contribution in [-0.2, 0) is 13.1 Å². The summed E-state index contributed by atoms with van der Waals surface area (Å²) in [5, 5.41) is 9.75. The lowest BCUT2D eigenvalue weighted by molar-refractivity contribution is 0.475. The van der Waals surface area contributed by atoms with Gasteiger partial charge in [0.2, 0.25) is 0 Å². The van der Waals surface area contributed by atoms with Gasteiger partial charge >= 0.3 is 0 Å². The first-order chi connectivity index (χ1) is 10.8. The molecule has 2 nitrogen and oxygen atoms in total. The molecular weight excluding hydrogens is 270 g/mol. The van der Waals surface area contributed by atoms with Crippen molar-refractivity contribution in [2.45, 2.75) is 13.1 Å². The van der Waals surface area contributed by atoms with Gasteiger partial charge in [0.1, 0.15) is 5.75 Å². The van der Waals surface area contributed by atoms with E-state index in [1.807, 2.05) is 36.4 Å². The number of hydrogen-bond acceptors (Lipinski definition) is 2. The van der Waals surface area contributed by atoms with Crippen LogP contribution in [0.5, 0.6) is 5.75 Å². The zero-order valence-corrected chi connectivity index (χ0v) is 12.3. The molecule has 3 aromatic rings. The quantitative estimate of drug-likeness (QED) is 0.752. The fourth-order valence-corrected chi connectivity index (χ4v) is 2.46. The van der Waals surface area contributed by atoms with Gasteiger partial charge in [-0.15, -0.1) is 0 Å². The third-order valence-electron chi connectivity index (χ3n) is 3.54. The summed E-state index contributed by atoms with van der Waals surface area (Å²) >= 11 is 0. The number of benzene rings is 3. The molecular formula is C20H18NO. The van der Waals surface area contributed by atoms with Crippen molar-refractivity contribution in [1.82, 2.24) is 0 Å². The third-order valence-corrected chi connectivity index (χ3v) is 3.54. The summed E-state index contributed by atoms with van der Waals surface area (Å²) in [5.41, 5.74) is 3.36. The lowest BCUT2D eigenvalue weighted by Crippen LogP contribution is -2.22. The maximum atomic E-state index is 9.75. The van der Waals surface area contributed by atoms with E-state index in [1.165, 1.54) is 11.1 Å². The van der Waals surface area contributed by atoms with Gasteiger partial charge in [0.05, 0.1) is 0 Å². The molecule has 0 aliphatic rings. The van der Waals surface area contributed by atoms with Gasteiger partial charge in [-0.05, 0) is 23.3 Å². The number of phenolic OH excluding ortho intramolecular Hbond substituents is 1. The Labute approximate surface area is 131 Å². The van der Waals surface area contributed by atoms with Crippen molar-refractivity contribution in [3.05, 3.63) is 96.1 Å². The van der Waals surface area contributed by atoms with Crippen LogP contribution in [0, 0.1) is 6.07 Å². The Kier molecular flexibility index (Phi) is 4.40. The molecule has 0 fully saturated rings. The summed E-state index contributed by atoms with van der Waals surface area (Å²) in [6, 6.07) is 29.0. The Hall–Kier alpha value is -2.74. The standard InChI is InChI=1S/C20H18NO/c22-20-13-7-12-19(14-20)21(15-17-8-3-1-4-9-17)16-18-10-5-2-6-11-18/h1-11,13-14,22H,15-16H2. The van der Waals surface area contributed by atoms with Gasteiger partial charge < -0.3 is 10.0 Å². The van der Waals surface area contributed by atoms with E-state index >= 15 is 0 Å². The second-order valence-electron chi connectivity index (χ2n) is 5.26. The Bertz CT molecular complexity index is 669. The molecule has 0 saturated heterocycles. The fourth-order valence-electron chi connectivity index (χ4n) is 2.46. The highest BCUT2D eigenvalue weighted by atomic mass is 16.3. The van der Waals surface area contributed by atoms with Gasteiger partial charge in [0, 0.05) is 30.9 Å². The van der Waals surface area contributed by atoms with E-state index in [-0.39, 0.29) is 5.75 Å². The zero-order chi connectivity index (χ0) is 15.2. The van der Waals surface area contributed by atoms with Crippen LogP contribution in [0.4, 0.5) is 5.69 Å². The van der Waals surface area contributed by atoms with Gasteiger partial charge in [-0.2, -0.15) is 0 Å². The molecule has 0 amide bonds. The van der Waals surface area contributed by atoms with Crippen molar-refractivity contribution in [2.75, 3.05) is 4.90 Å². The van der Waals surface area contributed by atoms with Crippen LogP contribution in [-0.4, -0.2) is 5.11 Å². The van der Waals surface area contributed by atoms with Gasteiger partial charge in [-0.1, -0.05) is 60.7 Å². The predicted octanol–water partition coefficient (Wildman–Crippen LogP) is 4.40. The molecule has 0 aliphatic heterocycles. The molecule has 3 rings (SSSR count). The van der Waals surface area contributed by atoms with E-state index in [2.05, 4.69) is 35.2 Å². The highest BCUT2D eigenvalue weighted by molar-refractivity contribution is 5.50. The Morgan fingerprint density at radius 1 is 0.773 bits per heavy atom. The van der Waals surface area contributed by atoms with E-state index in [1.54, 1.807) is 18.2 Å². The van der Waals surface area contributed by atoms with Crippen LogP contribution in [0.25, 0.3) is 0 Å². The van der Waals surface area contributed by atoms with E-state index in [0.29, 0.717) is 0 Å². The maximum absolute atomic E-state index is 9.75. The van der Waals surface area contributed by atoms with Gasteiger partial charge in [0.15, 0.2) is 0 Å². The molecule has 0 aliphatic carbocycles. The van der Waals surface area contributed by atoms with Crippen LogP contribution in [0.1, 0.15) is 11.1 Å². The highest BCUT2D eigenvalue weighted by Gasteiger charge is 2.09. The van der Waals surface area contributed by atoms with Gasteiger partial charge in [-0.3, -0.25) is 0 Å². The molecule has 1 N–H and O–H groups in total. The molecule has 109 valence electrons. The molecule has 2 heteroatoms. The first kappa shape index (κ1) is 14.2. The molecule has 0 bridgehead atoms. The Morgan fingerprint density at radius 2 is 1.32 bits per heavy atom. The highest BCUT2D eigenvalue weighted by Crippen LogP contribution is 2.23. The minimum Gasteiger partial charge on any atom is -0.508 e. The monoisotopic (exact) mass is 288 g/mol. The SMILES string of the molecule is Oc1cc[c]c(N(Cc2ccccc2)Cc2ccccc2)c1. The van der Waals surface area contributed by atoms with Crippen molar-refractivity contribution in [1.29, 1.82) is 0 Å². The summed E-state index contributed by atoms with van der Waals surface area (Å²) in [7, 11) is 0. The average molecular weight is 288 g/mol. The lowest BCUT2D eigenvalue weighted by Gasteiger charge is -2.25. The van der Waals surface area contributed by atoms with Crippen molar-refractivity contribution >= 4 is 5.69 Å². The van der Waals surface area contributed by atoms with Gasteiger partial charge in [-0.25, -0.2) is 0 Å². The average Bonchev–Trinajstić information content (AvgIpc) is 2.56. The molecule has 3 aromatic carbocycles. The molecule has 0 spiro atoms. The largest absolute Gasteiger partial charge is 0.508 e. The summed E-state index contributed by atoms with van der Waals surface area (Å²) in [5.74, 6) is 0.264. The molecule has 1 radical (unpaired) electrons. The number of anilines is 1. The normalized spacial score (nSPS) is 10.4. The Morgan fingerprint density at radius 3 is 1.82 bits per heavy atom.